The molecule has 0 saturated carbocycles. The molecule has 2 aromatic rings. The summed E-state index contributed by atoms with van der Waals surface area (Å²) in [5.74, 6) is 0.753. The first-order valence-electron chi connectivity index (χ1n) is 8.01. The van der Waals surface area contributed by atoms with Gasteiger partial charge in [0, 0.05) is 22.6 Å². The second kappa shape index (κ2) is 9.45. The Morgan fingerprint density at radius 2 is 1.88 bits per heavy atom. The smallest absolute Gasteiger partial charge is 0.234 e. The van der Waals surface area contributed by atoms with Crippen molar-refractivity contribution in [1.82, 2.24) is 10.6 Å². The third-order valence-corrected chi connectivity index (χ3v) is 4.39. The van der Waals surface area contributed by atoms with Crippen molar-refractivity contribution >= 4 is 21.8 Å². The van der Waals surface area contributed by atoms with E-state index in [0.717, 1.165) is 22.2 Å². The summed E-state index contributed by atoms with van der Waals surface area (Å²) in [4.78, 5) is 12.1. The molecule has 0 radical (unpaired) electrons. The Labute approximate surface area is 151 Å². The van der Waals surface area contributed by atoms with Crippen LogP contribution in [0, 0.1) is 0 Å². The predicted molar refractivity (Wildman–Crippen MR) is 100 cm³/mol. The highest BCUT2D eigenvalue weighted by molar-refractivity contribution is 9.10. The monoisotopic (exact) mass is 390 g/mol. The van der Waals surface area contributed by atoms with Crippen molar-refractivity contribution in [2.24, 2.45) is 0 Å². The van der Waals surface area contributed by atoms with E-state index >= 15 is 0 Å². The van der Waals surface area contributed by atoms with Gasteiger partial charge in [-0.2, -0.15) is 0 Å². The summed E-state index contributed by atoms with van der Waals surface area (Å²) < 4.78 is 6.34. The maximum absolute atomic E-state index is 12.1. The van der Waals surface area contributed by atoms with Crippen LogP contribution < -0.4 is 15.4 Å². The lowest BCUT2D eigenvalue weighted by molar-refractivity contribution is -0.120. The van der Waals surface area contributed by atoms with Gasteiger partial charge in [0.25, 0.3) is 0 Å². The van der Waals surface area contributed by atoms with Crippen LogP contribution in [-0.2, 0) is 11.3 Å². The topological polar surface area (TPSA) is 50.4 Å². The van der Waals surface area contributed by atoms with Crippen LogP contribution in [0.4, 0.5) is 0 Å². The maximum atomic E-state index is 12.1. The summed E-state index contributed by atoms with van der Waals surface area (Å²) in [6.45, 7) is 2.84. The zero-order chi connectivity index (χ0) is 17.4. The number of hydrogen-bond donors (Lipinski definition) is 2. The van der Waals surface area contributed by atoms with Gasteiger partial charge >= 0.3 is 0 Å². The van der Waals surface area contributed by atoms with Crippen LogP contribution in [0.25, 0.3) is 0 Å². The van der Waals surface area contributed by atoms with Gasteiger partial charge in [0.15, 0.2) is 0 Å². The molecule has 0 spiro atoms. The van der Waals surface area contributed by atoms with Crippen molar-refractivity contribution in [2.75, 3.05) is 13.7 Å². The van der Waals surface area contributed by atoms with Gasteiger partial charge in [0.1, 0.15) is 5.75 Å². The number of para-hydroxylation sites is 1. The van der Waals surface area contributed by atoms with E-state index < -0.39 is 0 Å². The fourth-order valence-corrected chi connectivity index (χ4v) is 2.78. The van der Waals surface area contributed by atoms with Crippen molar-refractivity contribution in [3.63, 3.8) is 0 Å². The molecule has 0 fully saturated rings. The molecule has 0 saturated heterocycles. The second-order valence-electron chi connectivity index (χ2n) is 5.48. The highest BCUT2D eigenvalue weighted by Gasteiger charge is 2.11. The standard InChI is InChI=1S/C19H23BrN2O2/c1-3-17(14-8-10-16(20)11-9-14)21-13-19(23)22-12-15-6-4-5-7-18(15)24-2/h4-11,17,21H,3,12-13H2,1-2H3,(H,22,23)/t17-/m0/s1. The van der Waals surface area contributed by atoms with E-state index in [2.05, 4.69) is 45.6 Å². The normalized spacial score (nSPS) is 11.8. The molecule has 4 nitrogen and oxygen atoms in total. The van der Waals surface area contributed by atoms with E-state index in [1.54, 1.807) is 7.11 Å². The van der Waals surface area contributed by atoms with Gasteiger partial charge in [-0.3, -0.25) is 4.79 Å². The van der Waals surface area contributed by atoms with E-state index in [1.807, 2.05) is 36.4 Å². The van der Waals surface area contributed by atoms with Gasteiger partial charge in [0.2, 0.25) is 5.91 Å². The van der Waals surface area contributed by atoms with Gasteiger partial charge in [-0.25, -0.2) is 0 Å². The molecule has 0 aromatic heterocycles. The summed E-state index contributed by atoms with van der Waals surface area (Å²) in [7, 11) is 1.63. The Balaban J connectivity index is 1.84. The number of carbonyl (C=O) groups excluding carboxylic acids is 1. The molecule has 0 aliphatic heterocycles. The molecule has 2 aromatic carbocycles. The van der Waals surface area contributed by atoms with Crippen LogP contribution in [-0.4, -0.2) is 19.6 Å². The fourth-order valence-electron chi connectivity index (χ4n) is 2.51. The molecule has 0 unspecified atom stereocenters. The van der Waals surface area contributed by atoms with Gasteiger partial charge in [-0.05, 0) is 30.2 Å². The minimum absolute atomic E-state index is 0.0310. The molecule has 2 N–H and O–H groups in total. The Morgan fingerprint density at radius 3 is 2.54 bits per heavy atom. The maximum Gasteiger partial charge on any atom is 0.234 e. The van der Waals surface area contributed by atoms with Crippen molar-refractivity contribution < 1.29 is 9.53 Å². The van der Waals surface area contributed by atoms with Crippen molar-refractivity contribution in [3.8, 4) is 5.75 Å². The molecular weight excluding hydrogens is 368 g/mol. The van der Waals surface area contributed by atoms with Crippen molar-refractivity contribution in [1.29, 1.82) is 0 Å². The summed E-state index contributed by atoms with van der Waals surface area (Å²) in [5.41, 5.74) is 2.14. The largest absolute Gasteiger partial charge is 0.496 e. The molecule has 5 heteroatoms. The van der Waals surface area contributed by atoms with E-state index in [9.17, 15) is 4.79 Å². The molecular formula is C19H23BrN2O2. The molecule has 0 bridgehead atoms. The van der Waals surface area contributed by atoms with E-state index in [1.165, 1.54) is 5.56 Å². The number of halogens is 1. The van der Waals surface area contributed by atoms with Crippen LogP contribution in [0.2, 0.25) is 0 Å². The zero-order valence-corrected chi connectivity index (χ0v) is 15.6. The average Bonchev–Trinajstić information content (AvgIpc) is 2.62. The third kappa shape index (κ3) is 5.35. The molecule has 24 heavy (non-hydrogen) atoms. The SMILES string of the molecule is CC[C@H](NCC(=O)NCc1ccccc1OC)c1ccc(Br)cc1. The van der Waals surface area contributed by atoms with Gasteiger partial charge in [-0.1, -0.05) is 53.2 Å². The van der Waals surface area contributed by atoms with Crippen LogP contribution in [0.15, 0.2) is 53.0 Å². The summed E-state index contributed by atoms with van der Waals surface area (Å²) in [6.07, 6.45) is 0.918. The van der Waals surface area contributed by atoms with Gasteiger partial charge in [0.05, 0.1) is 13.7 Å². The minimum atomic E-state index is -0.0310. The number of amides is 1. The first-order chi connectivity index (χ1) is 11.6. The average molecular weight is 391 g/mol. The molecule has 0 aliphatic rings. The third-order valence-electron chi connectivity index (χ3n) is 3.86. The lowest BCUT2D eigenvalue weighted by Gasteiger charge is -2.17. The second-order valence-corrected chi connectivity index (χ2v) is 6.40. The van der Waals surface area contributed by atoms with E-state index in [-0.39, 0.29) is 18.5 Å². The van der Waals surface area contributed by atoms with Crippen molar-refractivity contribution in [3.05, 3.63) is 64.1 Å². The number of ether oxygens (including phenoxy) is 1. The van der Waals surface area contributed by atoms with Crippen LogP contribution in [0.3, 0.4) is 0 Å². The number of nitrogens with one attached hydrogen (secondary N) is 2. The highest BCUT2D eigenvalue weighted by atomic mass is 79.9. The highest BCUT2D eigenvalue weighted by Crippen LogP contribution is 2.19. The summed E-state index contributed by atoms with van der Waals surface area (Å²) in [6, 6.07) is 16.0. The first-order valence-corrected chi connectivity index (χ1v) is 8.80. The van der Waals surface area contributed by atoms with Gasteiger partial charge in [-0.15, -0.1) is 0 Å². The first kappa shape index (κ1) is 18.5. The van der Waals surface area contributed by atoms with Crippen LogP contribution in [0.1, 0.15) is 30.5 Å². The molecule has 0 aliphatic carbocycles. The van der Waals surface area contributed by atoms with Crippen molar-refractivity contribution in [2.45, 2.75) is 25.9 Å². The Kier molecular flexibility index (Phi) is 7.28. The van der Waals surface area contributed by atoms with Gasteiger partial charge < -0.3 is 15.4 Å². The Hall–Kier alpha value is -1.85. The predicted octanol–water partition coefficient (Wildman–Crippen LogP) is 3.81. The number of hydrogen-bond acceptors (Lipinski definition) is 3. The Bertz CT molecular complexity index is 659. The Morgan fingerprint density at radius 1 is 1.17 bits per heavy atom. The number of rotatable bonds is 8. The molecule has 128 valence electrons. The molecule has 0 heterocycles. The summed E-state index contributed by atoms with van der Waals surface area (Å²) in [5, 5.41) is 6.24. The molecule has 1 atom stereocenters. The summed E-state index contributed by atoms with van der Waals surface area (Å²) >= 11 is 3.44. The lowest BCUT2D eigenvalue weighted by atomic mass is 10.0. The number of benzene rings is 2. The van der Waals surface area contributed by atoms with E-state index in [0.29, 0.717) is 6.54 Å². The lowest BCUT2D eigenvalue weighted by Crippen LogP contribution is -2.35. The number of methoxy groups -OCH3 is 1. The molecule has 2 rings (SSSR count). The van der Waals surface area contributed by atoms with Crippen LogP contribution >= 0.6 is 15.9 Å². The van der Waals surface area contributed by atoms with E-state index in [4.69, 9.17) is 4.74 Å². The molecule has 1 amide bonds. The minimum Gasteiger partial charge on any atom is -0.496 e. The quantitative estimate of drug-likeness (QED) is 0.720. The number of carbonyl (C=O) groups is 1. The van der Waals surface area contributed by atoms with Crippen LogP contribution in [0.5, 0.6) is 5.75 Å². The fraction of sp³-hybridized carbons (Fsp3) is 0.316. The zero-order valence-electron chi connectivity index (χ0n) is 14.0.